The minimum atomic E-state index is -0.354. The molecule has 0 saturated carbocycles. The number of aryl methyl sites for hydroxylation is 1. The highest BCUT2D eigenvalue weighted by Gasteiger charge is 2.20. The zero-order valence-electron chi connectivity index (χ0n) is 15.9. The Kier molecular flexibility index (Phi) is 5.03. The Hall–Kier alpha value is -4.00. The Labute approximate surface area is 168 Å². The molecule has 2 aromatic carbocycles. The van der Waals surface area contributed by atoms with E-state index in [0.717, 1.165) is 11.1 Å². The van der Waals surface area contributed by atoms with E-state index in [1.807, 2.05) is 55.5 Å². The fourth-order valence-electron chi connectivity index (χ4n) is 2.94. The van der Waals surface area contributed by atoms with Crippen LogP contribution in [-0.2, 0) is 6.54 Å². The summed E-state index contributed by atoms with van der Waals surface area (Å²) < 4.78 is 1.24. The Balaban J connectivity index is 1.72. The van der Waals surface area contributed by atoms with Crippen LogP contribution in [0.3, 0.4) is 0 Å². The summed E-state index contributed by atoms with van der Waals surface area (Å²) in [6.07, 6.45) is 1.66. The normalized spacial score (nSPS) is 10.7. The van der Waals surface area contributed by atoms with Gasteiger partial charge in [0.2, 0.25) is 11.8 Å². The van der Waals surface area contributed by atoms with Crippen molar-refractivity contribution in [3.8, 4) is 11.5 Å². The van der Waals surface area contributed by atoms with Gasteiger partial charge in [0.15, 0.2) is 0 Å². The minimum absolute atomic E-state index is 0.333. The van der Waals surface area contributed by atoms with E-state index < -0.39 is 0 Å². The molecule has 0 unspecified atom stereocenters. The summed E-state index contributed by atoms with van der Waals surface area (Å²) in [5.74, 6) is 0.340. The van der Waals surface area contributed by atoms with Crippen LogP contribution in [0.4, 0.5) is 11.6 Å². The second kappa shape index (κ2) is 7.93. The molecule has 2 aromatic heterocycles. The standard InChI is InChI=1S/C22H20N6O/c1-15-10-11-17(18(23)13-15)21(29)28-22(25-14-16-7-3-2-4-8-16)26-20(27-28)19-9-5-6-12-24-19/h2-13H,14,23H2,1H3,(H,25,26,27). The van der Waals surface area contributed by atoms with Crippen LogP contribution in [0, 0.1) is 6.92 Å². The molecule has 0 atom stereocenters. The van der Waals surface area contributed by atoms with E-state index in [1.54, 1.807) is 24.4 Å². The second-order valence-corrected chi connectivity index (χ2v) is 6.62. The number of nitrogen functional groups attached to an aromatic ring is 1. The number of carbonyl (C=O) groups excluding carboxylic acids is 1. The number of rotatable bonds is 5. The van der Waals surface area contributed by atoms with Crippen LogP contribution in [-0.4, -0.2) is 25.7 Å². The van der Waals surface area contributed by atoms with Crippen molar-refractivity contribution >= 4 is 17.5 Å². The molecule has 0 aliphatic heterocycles. The van der Waals surface area contributed by atoms with Crippen molar-refractivity contribution in [1.29, 1.82) is 0 Å². The van der Waals surface area contributed by atoms with Crippen molar-refractivity contribution in [2.45, 2.75) is 13.5 Å². The summed E-state index contributed by atoms with van der Waals surface area (Å²) in [5, 5.41) is 7.61. The lowest BCUT2D eigenvalue weighted by Crippen LogP contribution is -2.19. The fraction of sp³-hybridized carbons (Fsp3) is 0.0909. The second-order valence-electron chi connectivity index (χ2n) is 6.62. The number of benzene rings is 2. The van der Waals surface area contributed by atoms with Gasteiger partial charge in [-0.15, -0.1) is 5.10 Å². The predicted molar refractivity (Wildman–Crippen MR) is 112 cm³/mol. The van der Waals surface area contributed by atoms with E-state index >= 15 is 0 Å². The highest BCUT2D eigenvalue weighted by molar-refractivity contribution is 6.01. The number of nitrogens with one attached hydrogen (secondary N) is 1. The molecule has 7 nitrogen and oxygen atoms in total. The predicted octanol–water partition coefficient (Wildman–Crippen LogP) is 3.53. The lowest BCUT2D eigenvalue weighted by atomic mass is 10.1. The van der Waals surface area contributed by atoms with Gasteiger partial charge < -0.3 is 11.1 Å². The number of hydrogen-bond acceptors (Lipinski definition) is 6. The van der Waals surface area contributed by atoms with E-state index in [2.05, 4.69) is 20.4 Å². The van der Waals surface area contributed by atoms with Crippen LogP contribution in [0.2, 0.25) is 0 Å². The van der Waals surface area contributed by atoms with Crippen molar-refractivity contribution in [2.75, 3.05) is 11.1 Å². The number of anilines is 2. The van der Waals surface area contributed by atoms with Gasteiger partial charge in [-0.05, 0) is 42.3 Å². The molecule has 144 valence electrons. The van der Waals surface area contributed by atoms with E-state index in [4.69, 9.17) is 5.73 Å². The molecule has 0 fully saturated rings. The molecule has 7 heteroatoms. The van der Waals surface area contributed by atoms with Gasteiger partial charge in [-0.2, -0.15) is 9.67 Å². The van der Waals surface area contributed by atoms with Gasteiger partial charge in [-0.25, -0.2) is 0 Å². The Morgan fingerprint density at radius 1 is 1.07 bits per heavy atom. The number of aromatic nitrogens is 4. The summed E-state index contributed by atoms with van der Waals surface area (Å²) in [5.41, 5.74) is 9.47. The number of hydrogen-bond donors (Lipinski definition) is 2. The van der Waals surface area contributed by atoms with Crippen LogP contribution in [0.5, 0.6) is 0 Å². The highest BCUT2D eigenvalue weighted by Crippen LogP contribution is 2.20. The molecule has 4 rings (SSSR count). The summed E-state index contributed by atoms with van der Waals surface area (Å²) >= 11 is 0. The zero-order valence-corrected chi connectivity index (χ0v) is 15.9. The van der Waals surface area contributed by atoms with Gasteiger partial charge in [0.05, 0.1) is 5.56 Å². The van der Waals surface area contributed by atoms with Crippen molar-refractivity contribution < 1.29 is 4.79 Å². The molecule has 2 heterocycles. The minimum Gasteiger partial charge on any atom is -0.398 e. The van der Waals surface area contributed by atoms with Crippen molar-refractivity contribution in [1.82, 2.24) is 19.7 Å². The molecule has 0 spiro atoms. The van der Waals surface area contributed by atoms with Crippen LogP contribution in [0.1, 0.15) is 21.5 Å². The summed E-state index contributed by atoms with van der Waals surface area (Å²) in [7, 11) is 0. The van der Waals surface area contributed by atoms with Gasteiger partial charge >= 0.3 is 0 Å². The van der Waals surface area contributed by atoms with Crippen molar-refractivity contribution in [2.24, 2.45) is 0 Å². The van der Waals surface area contributed by atoms with E-state index in [9.17, 15) is 4.79 Å². The maximum Gasteiger partial charge on any atom is 0.283 e. The molecule has 0 amide bonds. The highest BCUT2D eigenvalue weighted by atomic mass is 16.2. The van der Waals surface area contributed by atoms with Crippen LogP contribution >= 0.6 is 0 Å². The van der Waals surface area contributed by atoms with Crippen LogP contribution < -0.4 is 11.1 Å². The third-order valence-electron chi connectivity index (χ3n) is 4.42. The fourth-order valence-corrected chi connectivity index (χ4v) is 2.94. The molecule has 29 heavy (non-hydrogen) atoms. The van der Waals surface area contributed by atoms with Gasteiger partial charge in [0, 0.05) is 18.4 Å². The molecule has 0 radical (unpaired) electrons. The van der Waals surface area contributed by atoms with E-state index in [0.29, 0.717) is 35.3 Å². The topological polar surface area (TPSA) is 98.7 Å². The first-order valence-electron chi connectivity index (χ1n) is 9.19. The monoisotopic (exact) mass is 384 g/mol. The maximum absolute atomic E-state index is 13.2. The molecule has 4 aromatic rings. The third kappa shape index (κ3) is 3.98. The van der Waals surface area contributed by atoms with Gasteiger partial charge in [-0.1, -0.05) is 42.5 Å². The molecule has 3 N–H and O–H groups in total. The van der Waals surface area contributed by atoms with Crippen molar-refractivity contribution in [3.05, 3.63) is 89.6 Å². The van der Waals surface area contributed by atoms with E-state index in [1.165, 1.54) is 4.68 Å². The molecular weight excluding hydrogens is 364 g/mol. The number of pyridine rings is 1. The van der Waals surface area contributed by atoms with E-state index in [-0.39, 0.29) is 5.91 Å². The Morgan fingerprint density at radius 3 is 2.59 bits per heavy atom. The lowest BCUT2D eigenvalue weighted by molar-refractivity contribution is 0.0948. The molecule has 0 aliphatic carbocycles. The lowest BCUT2D eigenvalue weighted by Gasteiger charge is -2.09. The quantitative estimate of drug-likeness (QED) is 0.511. The van der Waals surface area contributed by atoms with Crippen molar-refractivity contribution in [3.63, 3.8) is 0 Å². The smallest absolute Gasteiger partial charge is 0.283 e. The Morgan fingerprint density at radius 2 is 1.86 bits per heavy atom. The number of carbonyl (C=O) groups is 1. The molecule has 0 aliphatic rings. The number of nitrogens with two attached hydrogens (primary N) is 1. The van der Waals surface area contributed by atoms with Gasteiger partial charge in [-0.3, -0.25) is 9.78 Å². The first kappa shape index (κ1) is 18.4. The Bertz CT molecular complexity index is 1140. The molecule has 0 bridgehead atoms. The average molecular weight is 384 g/mol. The SMILES string of the molecule is Cc1ccc(C(=O)n2nc(-c3ccccn3)nc2NCc2ccccc2)c(N)c1. The third-order valence-corrected chi connectivity index (χ3v) is 4.42. The zero-order chi connectivity index (χ0) is 20.2. The molecule has 0 saturated heterocycles. The number of nitrogens with zero attached hydrogens (tertiary/aromatic N) is 4. The van der Waals surface area contributed by atoms with Gasteiger partial charge in [0.25, 0.3) is 5.91 Å². The van der Waals surface area contributed by atoms with Crippen LogP contribution in [0.15, 0.2) is 72.9 Å². The first-order valence-corrected chi connectivity index (χ1v) is 9.19. The first-order chi connectivity index (χ1) is 14.1. The largest absolute Gasteiger partial charge is 0.398 e. The van der Waals surface area contributed by atoms with Gasteiger partial charge in [0.1, 0.15) is 5.69 Å². The maximum atomic E-state index is 13.2. The average Bonchev–Trinajstić information content (AvgIpc) is 3.17. The summed E-state index contributed by atoms with van der Waals surface area (Å²) in [6, 6.07) is 20.6. The summed E-state index contributed by atoms with van der Waals surface area (Å²) in [6.45, 7) is 2.42. The summed E-state index contributed by atoms with van der Waals surface area (Å²) in [4.78, 5) is 22.0. The molecular formula is C22H20N6O. The van der Waals surface area contributed by atoms with Crippen LogP contribution in [0.25, 0.3) is 11.5 Å².